The molecular formula is C61H115NO4. The van der Waals surface area contributed by atoms with Gasteiger partial charge in [0.05, 0.1) is 18.8 Å². The van der Waals surface area contributed by atoms with Crippen LogP contribution in [0.5, 0.6) is 0 Å². The molecule has 0 bridgehead atoms. The topological polar surface area (TPSA) is 89.8 Å². The second kappa shape index (κ2) is 55.9. The highest BCUT2D eigenvalue weighted by Gasteiger charge is 2.22. The van der Waals surface area contributed by atoms with E-state index in [4.69, 9.17) is 0 Å². The molecule has 0 saturated heterocycles. The number of hydrogen-bond donors (Lipinski definition) is 4. The third-order valence-corrected chi connectivity index (χ3v) is 13.6. The van der Waals surface area contributed by atoms with Crippen molar-refractivity contribution in [3.8, 4) is 0 Å². The number of carbonyl (C=O) groups excluding carboxylic acids is 1. The molecule has 5 nitrogen and oxygen atoms in total. The maximum absolute atomic E-state index is 12.6. The van der Waals surface area contributed by atoms with E-state index in [1.807, 2.05) is 6.08 Å². The predicted molar refractivity (Wildman–Crippen MR) is 291 cm³/mol. The summed E-state index contributed by atoms with van der Waals surface area (Å²) in [7, 11) is 0. The maximum Gasteiger partial charge on any atom is 0.249 e. The molecule has 388 valence electrons. The van der Waals surface area contributed by atoms with Crippen LogP contribution in [0.3, 0.4) is 0 Å². The SMILES string of the molecule is CCCCCCCCCCC/C=C\C/C=C\CCCCCCCCCCCCCCC(O)C(=O)NC(CO)C(O)/C=C/CC/C=C/CCCCCCCCCCCCCCCCCCCC. The van der Waals surface area contributed by atoms with Crippen molar-refractivity contribution < 1.29 is 20.1 Å². The molecule has 1 amide bonds. The maximum atomic E-state index is 12.6. The molecule has 0 fully saturated rings. The minimum atomic E-state index is -1.11. The van der Waals surface area contributed by atoms with Gasteiger partial charge >= 0.3 is 0 Å². The van der Waals surface area contributed by atoms with E-state index < -0.39 is 24.2 Å². The van der Waals surface area contributed by atoms with Crippen molar-refractivity contribution >= 4 is 5.91 Å². The van der Waals surface area contributed by atoms with Crippen LogP contribution in [0.4, 0.5) is 0 Å². The van der Waals surface area contributed by atoms with Crippen molar-refractivity contribution in [2.24, 2.45) is 0 Å². The summed E-state index contributed by atoms with van der Waals surface area (Å²) >= 11 is 0. The average Bonchev–Trinajstić information content (AvgIpc) is 3.32. The molecule has 0 radical (unpaired) electrons. The lowest BCUT2D eigenvalue weighted by molar-refractivity contribution is -0.131. The number of amides is 1. The first-order valence-electron chi connectivity index (χ1n) is 29.5. The molecule has 0 spiro atoms. The fraction of sp³-hybridized carbons (Fsp3) is 0.852. The van der Waals surface area contributed by atoms with Gasteiger partial charge in [0.25, 0.3) is 0 Å². The summed E-state index contributed by atoms with van der Waals surface area (Å²) < 4.78 is 0. The standard InChI is InChI=1S/C61H115NO4/c1-3-5-7-9-11-13-15-17-19-21-23-25-27-29-30-31-32-34-36-38-40-42-44-46-48-50-52-54-56-60(65)61(66)62-58(57-63)59(64)55-53-51-49-47-45-43-41-39-37-35-33-28-26-24-22-20-18-16-14-12-10-8-6-4-2/h23,25,29-30,45,47,53,55,58-60,63-65H,3-22,24,26-28,31-44,46,48-52,54,56-57H2,1-2H3,(H,62,66)/b25-23-,30-29-,47-45+,55-53+. The predicted octanol–water partition coefficient (Wildman–Crippen LogP) is 18.4. The van der Waals surface area contributed by atoms with Gasteiger partial charge in [-0.05, 0) is 64.2 Å². The zero-order chi connectivity index (χ0) is 47.9. The molecule has 0 aromatic heterocycles. The minimum absolute atomic E-state index is 0.376. The Morgan fingerprint density at radius 3 is 1.02 bits per heavy atom. The molecule has 0 aliphatic rings. The summed E-state index contributed by atoms with van der Waals surface area (Å²) in [6.07, 6.45) is 74.8. The smallest absolute Gasteiger partial charge is 0.249 e. The van der Waals surface area contributed by atoms with Gasteiger partial charge in [0.2, 0.25) is 5.91 Å². The first-order chi connectivity index (χ1) is 32.6. The van der Waals surface area contributed by atoms with Crippen LogP contribution in [-0.4, -0.2) is 46.1 Å². The highest BCUT2D eigenvalue weighted by atomic mass is 16.3. The van der Waals surface area contributed by atoms with Crippen molar-refractivity contribution in [3.05, 3.63) is 48.6 Å². The Labute approximate surface area is 412 Å². The number of aliphatic hydroxyl groups excluding tert-OH is 3. The molecule has 0 rings (SSSR count). The Morgan fingerprint density at radius 1 is 0.379 bits per heavy atom. The first kappa shape index (κ1) is 64.3. The van der Waals surface area contributed by atoms with Gasteiger partial charge in [-0.25, -0.2) is 0 Å². The third kappa shape index (κ3) is 50.2. The molecule has 0 saturated carbocycles. The number of allylic oxidation sites excluding steroid dienone is 7. The molecule has 3 unspecified atom stereocenters. The lowest BCUT2D eigenvalue weighted by Gasteiger charge is -2.21. The lowest BCUT2D eigenvalue weighted by atomic mass is 10.0. The number of rotatable bonds is 54. The van der Waals surface area contributed by atoms with Crippen molar-refractivity contribution in [1.82, 2.24) is 5.32 Å². The molecule has 4 N–H and O–H groups in total. The van der Waals surface area contributed by atoms with Crippen LogP contribution in [0, 0.1) is 0 Å². The van der Waals surface area contributed by atoms with Crippen molar-refractivity contribution in [3.63, 3.8) is 0 Å². The monoisotopic (exact) mass is 926 g/mol. The molecule has 3 atom stereocenters. The molecule has 0 aliphatic heterocycles. The van der Waals surface area contributed by atoms with Gasteiger partial charge in [-0.15, -0.1) is 0 Å². The van der Waals surface area contributed by atoms with Gasteiger partial charge in [0, 0.05) is 0 Å². The lowest BCUT2D eigenvalue weighted by Crippen LogP contribution is -2.48. The van der Waals surface area contributed by atoms with Crippen LogP contribution >= 0.6 is 0 Å². The average molecular weight is 927 g/mol. The van der Waals surface area contributed by atoms with E-state index in [1.165, 1.54) is 244 Å². The number of aliphatic hydroxyl groups is 3. The van der Waals surface area contributed by atoms with Gasteiger partial charge in [-0.2, -0.15) is 0 Å². The van der Waals surface area contributed by atoms with E-state index in [0.717, 1.165) is 44.9 Å². The van der Waals surface area contributed by atoms with Gasteiger partial charge in [-0.1, -0.05) is 294 Å². The molecule has 66 heavy (non-hydrogen) atoms. The van der Waals surface area contributed by atoms with E-state index in [-0.39, 0.29) is 6.61 Å². The van der Waals surface area contributed by atoms with Gasteiger partial charge < -0.3 is 20.6 Å². The summed E-state index contributed by atoms with van der Waals surface area (Å²) in [5, 5.41) is 33.4. The summed E-state index contributed by atoms with van der Waals surface area (Å²) in [5.74, 6) is -0.511. The highest BCUT2D eigenvalue weighted by molar-refractivity contribution is 5.80. The number of hydrogen-bond acceptors (Lipinski definition) is 4. The van der Waals surface area contributed by atoms with Crippen LogP contribution in [-0.2, 0) is 4.79 Å². The number of carbonyl (C=O) groups is 1. The third-order valence-electron chi connectivity index (χ3n) is 13.6. The van der Waals surface area contributed by atoms with Crippen molar-refractivity contribution in [2.45, 2.75) is 327 Å². The Kier molecular flexibility index (Phi) is 54.5. The van der Waals surface area contributed by atoms with Crippen LogP contribution in [0.25, 0.3) is 0 Å². The molecule has 5 heteroatoms. The number of nitrogens with one attached hydrogen (secondary N) is 1. The van der Waals surface area contributed by atoms with Crippen molar-refractivity contribution in [1.29, 1.82) is 0 Å². The van der Waals surface area contributed by atoms with Crippen molar-refractivity contribution in [2.75, 3.05) is 6.61 Å². The molecule has 0 aromatic rings. The highest BCUT2D eigenvalue weighted by Crippen LogP contribution is 2.17. The van der Waals surface area contributed by atoms with Gasteiger partial charge in [0.15, 0.2) is 0 Å². The second-order valence-electron chi connectivity index (χ2n) is 20.2. The van der Waals surface area contributed by atoms with Crippen LogP contribution in [0.15, 0.2) is 48.6 Å². The quantitative estimate of drug-likeness (QED) is 0.0361. The van der Waals surface area contributed by atoms with E-state index in [0.29, 0.717) is 6.42 Å². The summed E-state index contributed by atoms with van der Waals surface area (Å²) in [5.41, 5.74) is 0. The molecular weight excluding hydrogens is 811 g/mol. The molecule has 0 aromatic carbocycles. The fourth-order valence-corrected chi connectivity index (χ4v) is 9.06. The fourth-order valence-electron chi connectivity index (χ4n) is 9.06. The summed E-state index contributed by atoms with van der Waals surface area (Å²) in [6, 6.07) is -0.817. The van der Waals surface area contributed by atoms with E-state index >= 15 is 0 Å². The minimum Gasteiger partial charge on any atom is -0.394 e. The first-order valence-corrected chi connectivity index (χ1v) is 29.5. The normalized spacial score (nSPS) is 13.6. The summed E-state index contributed by atoms with van der Waals surface area (Å²) in [4.78, 5) is 12.6. The van der Waals surface area contributed by atoms with Crippen LogP contribution in [0.1, 0.15) is 309 Å². The zero-order valence-electron chi connectivity index (χ0n) is 44.3. The number of unbranched alkanes of at least 4 members (excludes halogenated alkanes) is 40. The zero-order valence-corrected chi connectivity index (χ0v) is 44.3. The van der Waals surface area contributed by atoms with Gasteiger partial charge in [-0.3, -0.25) is 4.79 Å². The van der Waals surface area contributed by atoms with E-state index in [1.54, 1.807) is 6.08 Å². The Hall–Kier alpha value is -1.69. The Morgan fingerprint density at radius 2 is 0.667 bits per heavy atom. The van der Waals surface area contributed by atoms with E-state index in [2.05, 4.69) is 55.6 Å². The van der Waals surface area contributed by atoms with Crippen LogP contribution in [0.2, 0.25) is 0 Å². The second-order valence-corrected chi connectivity index (χ2v) is 20.2. The summed E-state index contributed by atoms with van der Waals surface area (Å²) in [6.45, 7) is 4.20. The molecule has 0 heterocycles. The largest absolute Gasteiger partial charge is 0.394 e. The Bertz CT molecular complexity index is 1070. The van der Waals surface area contributed by atoms with Gasteiger partial charge in [0.1, 0.15) is 6.10 Å². The van der Waals surface area contributed by atoms with Crippen LogP contribution < -0.4 is 5.32 Å². The van der Waals surface area contributed by atoms with E-state index in [9.17, 15) is 20.1 Å². The molecule has 0 aliphatic carbocycles. The Balaban J connectivity index is 3.61.